The van der Waals surface area contributed by atoms with Crippen LogP contribution in [0.15, 0.2) is 9.64 Å². The van der Waals surface area contributed by atoms with Gasteiger partial charge < -0.3 is 14.3 Å². The smallest absolute Gasteiger partial charge is 0.314 e. The summed E-state index contributed by atoms with van der Waals surface area (Å²) < 4.78 is 10.9. The quantitative estimate of drug-likeness (QED) is 0.803. The van der Waals surface area contributed by atoms with Crippen molar-refractivity contribution in [3.05, 3.63) is 5.89 Å². The summed E-state index contributed by atoms with van der Waals surface area (Å²) in [5, 5.41) is 16.4. The fourth-order valence-corrected chi connectivity index (χ4v) is 2.01. The third kappa shape index (κ3) is 2.73. The molecule has 0 aromatic carbocycles. The third-order valence-electron chi connectivity index (χ3n) is 2.25. The number of ether oxygens (including phenoxy) is 1. The Labute approximate surface area is 96.4 Å². The van der Waals surface area contributed by atoms with Crippen molar-refractivity contribution in [2.45, 2.75) is 37.2 Å². The summed E-state index contributed by atoms with van der Waals surface area (Å²) in [6.45, 7) is 2.00. The lowest BCUT2D eigenvalue weighted by atomic mass is 10.2. The highest BCUT2D eigenvalue weighted by Gasteiger charge is 2.28. The molecule has 1 N–H and O–H groups in total. The van der Waals surface area contributed by atoms with Crippen LogP contribution in [-0.4, -0.2) is 33.1 Å². The molecule has 0 radical (unpaired) electrons. The Morgan fingerprint density at radius 2 is 2.38 bits per heavy atom. The predicted octanol–water partition coefficient (Wildman–Crippen LogP) is 1.49. The first kappa shape index (κ1) is 11.4. The van der Waals surface area contributed by atoms with E-state index in [0.29, 0.717) is 5.89 Å². The summed E-state index contributed by atoms with van der Waals surface area (Å²) >= 11 is 1.01. The minimum atomic E-state index is -0.907. The first-order valence-electron chi connectivity index (χ1n) is 4.98. The van der Waals surface area contributed by atoms with E-state index in [1.807, 2.05) is 6.92 Å². The van der Waals surface area contributed by atoms with Gasteiger partial charge in [-0.1, -0.05) is 11.8 Å². The number of carboxylic acids is 1. The van der Waals surface area contributed by atoms with E-state index in [1.54, 1.807) is 0 Å². The zero-order chi connectivity index (χ0) is 11.5. The van der Waals surface area contributed by atoms with Crippen molar-refractivity contribution in [3.8, 4) is 0 Å². The zero-order valence-electron chi connectivity index (χ0n) is 8.75. The molecule has 1 aliphatic rings. The van der Waals surface area contributed by atoms with Crippen LogP contribution < -0.4 is 0 Å². The van der Waals surface area contributed by atoms with Gasteiger partial charge in [-0.3, -0.25) is 4.79 Å². The maximum atomic E-state index is 10.3. The van der Waals surface area contributed by atoms with Crippen LogP contribution in [0.5, 0.6) is 0 Å². The Bertz CT molecular complexity index is 381. The van der Waals surface area contributed by atoms with Gasteiger partial charge in [0.25, 0.3) is 5.22 Å². The summed E-state index contributed by atoms with van der Waals surface area (Å²) in [7, 11) is 0. The van der Waals surface area contributed by atoms with Gasteiger partial charge in [-0.05, 0) is 19.8 Å². The predicted molar refractivity (Wildman–Crippen MR) is 55.2 cm³/mol. The van der Waals surface area contributed by atoms with Crippen molar-refractivity contribution in [1.82, 2.24) is 10.2 Å². The van der Waals surface area contributed by atoms with E-state index in [9.17, 15) is 4.79 Å². The SMILES string of the molecule is CC1CCC(c2nnc(SCC(=O)O)o2)O1. The van der Waals surface area contributed by atoms with Crippen molar-refractivity contribution >= 4 is 17.7 Å². The van der Waals surface area contributed by atoms with E-state index >= 15 is 0 Å². The van der Waals surface area contributed by atoms with E-state index < -0.39 is 5.97 Å². The number of aliphatic carboxylic acids is 1. The molecule has 1 aromatic rings. The second kappa shape index (κ2) is 4.84. The number of hydrogen-bond acceptors (Lipinski definition) is 6. The molecule has 2 atom stereocenters. The average molecular weight is 244 g/mol. The highest BCUT2D eigenvalue weighted by molar-refractivity contribution is 7.99. The zero-order valence-corrected chi connectivity index (χ0v) is 9.57. The molecule has 1 aromatic heterocycles. The maximum Gasteiger partial charge on any atom is 0.314 e. The molecule has 88 valence electrons. The third-order valence-corrected chi connectivity index (χ3v) is 3.05. The van der Waals surface area contributed by atoms with Gasteiger partial charge in [0.2, 0.25) is 5.89 Å². The summed E-state index contributed by atoms with van der Waals surface area (Å²) in [6, 6.07) is 0. The Balaban J connectivity index is 1.94. The lowest BCUT2D eigenvalue weighted by Gasteiger charge is -2.04. The van der Waals surface area contributed by atoms with Gasteiger partial charge in [-0.2, -0.15) is 0 Å². The van der Waals surface area contributed by atoms with Gasteiger partial charge in [0, 0.05) is 0 Å². The first-order chi connectivity index (χ1) is 7.65. The molecular weight excluding hydrogens is 232 g/mol. The van der Waals surface area contributed by atoms with Gasteiger partial charge >= 0.3 is 5.97 Å². The van der Waals surface area contributed by atoms with Crippen molar-refractivity contribution in [2.24, 2.45) is 0 Å². The molecule has 0 saturated carbocycles. The number of thioether (sulfide) groups is 1. The number of carbonyl (C=O) groups is 1. The fourth-order valence-electron chi connectivity index (χ4n) is 1.52. The molecule has 2 heterocycles. The van der Waals surface area contributed by atoms with Crippen molar-refractivity contribution < 1.29 is 19.1 Å². The van der Waals surface area contributed by atoms with E-state index in [-0.39, 0.29) is 23.2 Å². The van der Waals surface area contributed by atoms with Crippen molar-refractivity contribution in [2.75, 3.05) is 5.75 Å². The van der Waals surface area contributed by atoms with E-state index in [2.05, 4.69) is 10.2 Å². The molecule has 0 aliphatic carbocycles. The lowest BCUT2D eigenvalue weighted by molar-refractivity contribution is -0.133. The fraction of sp³-hybridized carbons (Fsp3) is 0.667. The monoisotopic (exact) mass is 244 g/mol. The molecule has 2 rings (SSSR count). The molecule has 1 aliphatic heterocycles. The van der Waals surface area contributed by atoms with Crippen LogP contribution in [0.2, 0.25) is 0 Å². The van der Waals surface area contributed by atoms with Crippen LogP contribution in [-0.2, 0) is 9.53 Å². The molecule has 1 fully saturated rings. The molecule has 16 heavy (non-hydrogen) atoms. The van der Waals surface area contributed by atoms with E-state index in [0.717, 1.165) is 24.6 Å². The summed E-state index contributed by atoms with van der Waals surface area (Å²) in [5.74, 6) is -0.545. The van der Waals surface area contributed by atoms with Crippen molar-refractivity contribution in [3.63, 3.8) is 0 Å². The highest BCUT2D eigenvalue weighted by Crippen LogP contribution is 2.32. The second-order valence-electron chi connectivity index (χ2n) is 3.60. The number of nitrogens with zero attached hydrogens (tertiary/aromatic N) is 2. The number of carboxylic acid groups (broad SMARTS) is 1. The minimum Gasteiger partial charge on any atom is -0.481 e. The van der Waals surface area contributed by atoms with Crippen LogP contribution in [0, 0.1) is 0 Å². The Hall–Kier alpha value is -1.08. The van der Waals surface area contributed by atoms with E-state index in [1.165, 1.54) is 0 Å². The standard InChI is InChI=1S/C9H12N2O4S/c1-5-2-3-6(14-5)8-10-11-9(15-8)16-4-7(12)13/h5-6H,2-4H2,1H3,(H,12,13). The summed E-state index contributed by atoms with van der Waals surface area (Å²) in [6.07, 6.45) is 1.92. The van der Waals surface area contributed by atoms with Crippen LogP contribution in [0.25, 0.3) is 0 Å². The van der Waals surface area contributed by atoms with Gasteiger partial charge in [-0.25, -0.2) is 0 Å². The molecule has 7 heteroatoms. The molecule has 0 bridgehead atoms. The summed E-state index contributed by atoms with van der Waals surface area (Å²) in [4.78, 5) is 10.3. The van der Waals surface area contributed by atoms with Gasteiger partial charge in [0.05, 0.1) is 6.10 Å². The Morgan fingerprint density at radius 3 is 3.00 bits per heavy atom. The minimum absolute atomic E-state index is 0.0798. The normalized spacial score (nSPS) is 24.8. The lowest BCUT2D eigenvalue weighted by Crippen LogP contribution is -2.01. The van der Waals surface area contributed by atoms with Gasteiger partial charge in [0.1, 0.15) is 11.9 Å². The summed E-state index contributed by atoms with van der Waals surface area (Å²) in [5.41, 5.74) is 0. The molecule has 2 unspecified atom stereocenters. The molecule has 1 saturated heterocycles. The van der Waals surface area contributed by atoms with Crippen LogP contribution in [0.3, 0.4) is 0 Å². The molecular formula is C9H12N2O4S. The average Bonchev–Trinajstić information content (AvgIpc) is 2.83. The molecule has 0 amide bonds. The van der Waals surface area contributed by atoms with Crippen LogP contribution in [0.4, 0.5) is 0 Å². The first-order valence-corrected chi connectivity index (χ1v) is 5.97. The largest absolute Gasteiger partial charge is 0.481 e. The second-order valence-corrected chi connectivity index (χ2v) is 4.53. The maximum absolute atomic E-state index is 10.3. The van der Waals surface area contributed by atoms with Crippen molar-refractivity contribution in [1.29, 1.82) is 0 Å². The Morgan fingerprint density at radius 1 is 1.56 bits per heavy atom. The van der Waals surface area contributed by atoms with Crippen LogP contribution in [0.1, 0.15) is 31.8 Å². The highest BCUT2D eigenvalue weighted by atomic mass is 32.2. The number of rotatable bonds is 4. The molecule has 0 spiro atoms. The Kier molecular flexibility index (Phi) is 3.45. The van der Waals surface area contributed by atoms with Crippen LogP contribution >= 0.6 is 11.8 Å². The van der Waals surface area contributed by atoms with Gasteiger partial charge in [0.15, 0.2) is 0 Å². The van der Waals surface area contributed by atoms with E-state index in [4.69, 9.17) is 14.3 Å². The number of aromatic nitrogens is 2. The molecule has 6 nitrogen and oxygen atoms in total. The van der Waals surface area contributed by atoms with Gasteiger partial charge in [-0.15, -0.1) is 10.2 Å². The topological polar surface area (TPSA) is 85.5 Å². The number of hydrogen-bond donors (Lipinski definition) is 1.